The molecule has 0 radical (unpaired) electrons. The van der Waals surface area contributed by atoms with Gasteiger partial charge in [0.2, 0.25) is 0 Å². The molecule has 1 aliphatic carbocycles. The minimum Gasteiger partial charge on any atom is -0.497 e. The quantitative estimate of drug-likeness (QED) is 0.0669. The molecule has 0 atom stereocenters. The summed E-state index contributed by atoms with van der Waals surface area (Å²) >= 11 is 3.37. The molecule has 0 aliphatic heterocycles. The fourth-order valence-electron chi connectivity index (χ4n) is 7.62. The first-order valence-electron chi connectivity index (χ1n) is 19.5. The Balaban J connectivity index is 1.14. The van der Waals surface area contributed by atoms with Gasteiger partial charge in [-0.05, 0) is 108 Å². The number of carboxylic acid groups (broad SMARTS) is 1. The number of carbonyl (C=O) groups is 1. The van der Waals surface area contributed by atoms with E-state index in [0.717, 1.165) is 72.8 Å². The number of nitrogens with two attached hydrogens (primary N) is 1. The summed E-state index contributed by atoms with van der Waals surface area (Å²) < 4.78 is 22.3. The van der Waals surface area contributed by atoms with Gasteiger partial charge in [0.15, 0.2) is 0 Å². The number of rotatable bonds is 13. The number of ether oxygens (including phenoxy) is 4. The number of amidine groups is 1. The highest BCUT2D eigenvalue weighted by molar-refractivity contribution is 7.25. The molecule has 0 saturated heterocycles. The molecule has 9 nitrogen and oxygen atoms in total. The van der Waals surface area contributed by atoms with Crippen molar-refractivity contribution in [2.75, 3.05) is 33.3 Å². The maximum Gasteiger partial charge on any atom is 0.332 e. The fraction of sp³-hybridized carbons (Fsp3) is 0.160. The Hall–Kier alpha value is -6.82. The molecule has 0 unspecified atom stereocenters. The SMILES string of the molecule is COc1ccc(-c2ccc(N(c3ccc(-c4cc5c(s4)-c4sc(C(N)=N/C=C(\C)C(=O)O)cc4C5(C)C)cc3)c3ccc(-c4ccc(OC)cc4OC)cc3)cc2)c(OC)c1. The average molecular weight is 848 g/mol. The molecular formula is C50H45N3O6S2. The van der Waals surface area contributed by atoms with Gasteiger partial charge in [-0.25, -0.2) is 9.79 Å². The Morgan fingerprint density at radius 3 is 1.56 bits per heavy atom. The number of thiophene rings is 2. The molecule has 2 aromatic heterocycles. The van der Waals surface area contributed by atoms with Crippen LogP contribution in [-0.4, -0.2) is 45.4 Å². The number of aliphatic imine (C=N–C) groups is 1. The van der Waals surface area contributed by atoms with E-state index < -0.39 is 5.97 Å². The zero-order chi connectivity index (χ0) is 43.0. The number of carboxylic acids is 1. The van der Waals surface area contributed by atoms with E-state index in [1.165, 1.54) is 38.9 Å². The zero-order valence-electron chi connectivity index (χ0n) is 34.9. The number of hydrogen-bond donors (Lipinski definition) is 2. The minimum atomic E-state index is -1.02. The summed E-state index contributed by atoms with van der Waals surface area (Å²) in [6, 6.07) is 41.8. The number of fused-ring (bicyclic) bond motifs is 3. The highest BCUT2D eigenvalue weighted by Gasteiger charge is 2.39. The monoisotopic (exact) mass is 847 g/mol. The number of benzene rings is 5. The lowest BCUT2D eigenvalue weighted by molar-refractivity contribution is -0.132. The molecule has 0 bridgehead atoms. The number of hydrogen-bond acceptors (Lipinski definition) is 9. The number of aliphatic carboxylic acids is 1. The van der Waals surface area contributed by atoms with Crippen molar-refractivity contribution in [3.05, 3.63) is 149 Å². The normalized spacial score (nSPS) is 13.0. The molecule has 5 aromatic carbocycles. The number of methoxy groups -OCH3 is 4. The van der Waals surface area contributed by atoms with Crippen LogP contribution in [0.2, 0.25) is 0 Å². The predicted octanol–water partition coefficient (Wildman–Crippen LogP) is 12.3. The Labute approximate surface area is 363 Å². The van der Waals surface area contributed by atoms with Gasteiger partial charge >= 0.3 is 5.97 Å². The maximum atomic E-state index is 11.3. The first-order chi connectivity index (χ1) is 29.4. The molecule has 0 saturated carbocycles. The standard InChI is InChI=1S/C50H45N3O6S2/c1-29(49(54)55)28-52-48(51)45-27-41-47(61-45)46-40(50(41,2)3)26-44(60-46)32-12-18-35(19-13-32)53(33-14-8-30(9-15-33)38-22-20-36(56-4)24-42(38)58-6)34-16-10-31(11-17-34)39-23-21-37(57-5)25-43(39)59-7/h8-28H,1-7H3,(H2,51,52)(H,54,55)/b29-28+. The third-order valence-electron chi connectivity index (χ3n) is 11.1. The Kier molecular flexibility index (Phi) is 11.2. The van der Waals surface area contributed by atoms with E-state index in [1.54, 1.807) is 51.1 Å². The van der Waals surface area contributed by atoms with Gasteiger partial charge in [-0.15, -0.1) is 22.7 Å². The fourth-order valence-corrected chi connectivity index (χ4v) is 10.3. The van der Waals surface area contributed by atoms with Gasteiger partial charge < -0.3 is 34.7 Å². The first-order valence-corrected chi connectivity index (χ1v) is 21.2. The second-order valence-corrected chi connectivity index (χ2v) is 17.2. The van der Waals surface area contributed by atoms with Gasteiger partial charge in [0.1, 0.15) is 28.8 Å². The summed E-state index contributed by atoms with van der Waals surface area (Å²) in [5.74, 6) is 2.23. The number of anilines is 3. The molecular weight excluding hydrogens is 803 g/mol. The van der Waals surface area contributed by atoms with E-state index in [-0.39, 0.29) is 11.0 Å². The van der Waals surface area contributed by atoms with Crippen molar-refractivity contribution in [3.8, 4) is 65.4 Å². The van der Waals surface area contributed by atoms with E-state index in [9.17, 15) is 9.90 Å². The predicted molar refractivity (Wildman–Crippen MR) is 249 cm³/mol. The van der Waals surface area contributed by atoms with Crippen LogP contribution in [0, 0.1) is 0 Å². The van der Waals surface area contributed by atoms with Crippen LogP contribution in [0.3, 0.4) is 0 Å². The summed E-state index contributed by atoms with van der Waals surface area (Å²) in [5.41, 5.74) is 16.8. The van der Waals surface area contributed by atoms with Crippen molar-refractivity contribution in [1.29, 1.82) is 0 Å². The average Bonchev–Trinajstić information content (AvgIpc) is 3.99. The second kappa shape index (κ2) is 16.7. The number of nitrogens with zero attached hydrogens (tertiary/aromatic N) is 2. The molecule has 7 aromatic rings. The van der Waals surface area contributed by atoms with E-state index in [1.807, 2.05) is 36.4 Å². The Morgan fingerprint density at radius 1 is 0.639 bits per heavy atom. The molecule has 0 spiro atoms. The van der Waals surface area contributed by atoms with Crippen molar-refractivity contribution in [1.82, 2.24) is 0 Å². The van der Waals surface area contributed by atoms with Crippen LogP contribution < -0.4 is 29.6 Å². The summed E-state index contributed by atoms with van der Waals surface area (Å²) in [7, 11) is 6.64. The lowest BCUT2D eigenvalue weighted by Crippen LogP contribution is -2.15. The summed E-state index contributed by atoms with van der Waals surface area (Å²) in [4.78, 5) is 22.2. The lowest BCUT2D eigenvalue weighted by Gasteiger charge is -2.26. The summed E-state index contributed by atoms with van der Waals surface area (Å²) in [6.45, 7) is 5.97. The van der Waals surface area contributed by atoms with Crippen molar-refractivity contribution < 1.29 is 28.8 Å². The van der Waals surface area contributed by atoms with Crippen molar-refractivity contribution in [3.63, 3.8) is 0 Å². The van der Waals surface area contributed by atoms with Crippen LogP contribution >= 0.6 is 22.7 Å². The van der Waals surface area contributed by atoms with Gasteiger partial charge in [0, 0.05) is 66.6 Å². The highest BCUT2D eigenvalue weighted by Crippen LogP contribution is 2.57. The molecule has 3 N–H and O–H groups in total. The highest BCUT2D eigenvalue weighted by atomic mass is 32.1. The van der Waals surface area contributed by atoms with Crippen LogP contribution in [0.4, 0.5) is 17.1 Å². The third-order valence-corrected chi connectivity index (χ3v) is 13.6. The Bertz CT molecular complexity index is 2720. The van der Waals surface area contributed by atoms with Gasteiger partial charge in [0.25, 0.3) is 0 Å². The smallest absolute Gasteiger partial charge is 0.332 e. The van der Waals surface area contributed by atoms with Gasteiger partial charge in [-0.1, -0.05) is 50.2 Å². The van der Waals surface area contributed by atoms with Crippen molar-refractivity contribution >= 4 is 51.5 Å². The Morgan fingerprint density at radius 2 is 1.10 bits per heavy atom. The van der Waals surface area contributed by atoms with Crippen LogP contribution in [-0.2, 0) is 10.2 Å². The van der Waals surface area contributed by atoms with E-state index >= 15 is 0 Å². The maximum absolute atomic E-state index is 11.3. The van der Waals surface area contributed by atoms with Crippen molar-refractivity contribution in [2.24, 2.45) is 10.7 Å². The third kappa shape index (κ3) is 7.74. The van der Waals surface area contributed by atoms with Crippen molar-refractivity contribution in [2.45, 2.75) is 26.2 Å². The molecule has 0 fully saturated rings. The van der Waals surface area contributed by atoms with E-state index in [4.69, 9.17) is 24.7 Å². The lowest BCUT2D eigenvalue weighted by atomic mass is 9.83. The molecule has 0 amide bonds. The van der Waals surface area contributed by atoms with E-state index in [2.05, 4.69) is 109 Å². The first kappa shape index (κ1) is 40.9. The largest absolute Gasteiger partial charge is 0.497 e. The molecule has 8 rings (SSSR count). The molecule has 1 aliphatic rings. The second-order valence-electron chi connectivity index (χ2n) is 15.1. The van der Waals surface area contributed by atoms with Crippen LogP contribution in [0.1, 0.15) is 36.8 Å². The molecule has 2 heterocycles. The minimum absolute atomic E-state index is 0.124. The molecule has 61 heavy (non-hydrogen) atoms. The van der Waals surface area contributed by atoms with Gasteiger partial charge in [-0.2, -0.15) is 0 Å². The van der Waals surface area contributed by atoms with E-state index in [0.29, 0.717) is 5.84 Å². The van der Waals surface area contributed by atoms with Crippen LogP contribution in [0.15, 0.2) is 138 Å². The van der Waals surface area contributed by atoms with Crippen LogP contribution in [0.5, 0.6) is 23.0 Å². The zero-order valence-corrected chi connectivity index (χ0v) is 36.5. The topological polar surface area (TPSA) is 116 Å². The summed E-state index contributed by atoms with van der Waals surface area (Å²) in [5, 5.41) is 9.24. The van der Waals surface area contributed by atoms with Gasteiger partial charge in [0.05, 0.1) is 38.9 Å². The van der Waals surface area contributed by atoms with Gasteiger partial charge in [-0.3, -0.25) is 0 Å². The molecule has 308 valence electrons. The summed E-state index contributed by atoms with van der Waals surface area (Å²) in [6.07, 6.45) is 1.30. The molecule has 11 heteroatoms. The van der Waals surface area contributed by atoms with Crippen LogP contribution in [0.25, 0.3) is 42.4 Å².